The minimum atomic E-state index is 0.231. The molecule has 1 rings (SSSR count). The highest BCUT2D eigenvalue weighted by Crippen LogP contribution is 2.02. The van der Waals surface area contributed by atoms with E-state index in [-0.39, 0.29) is 6.04 Å². The van der Waals surface area contributed by atoms with Crippen molar-refractivity contribution in [3.8, 4) is 0 Å². The van der Waals surface area contributed by atoms with Crippen molar-refractivity contribution in [3.05, 3.63) is 12.7 Å². The van der Waals surface area contributed by atoms with Gasteiger partial charge in [-0.2, -0.15) is 5.10 Å². The first kappa shape index (κ1) is 11.1. The van der Waals surface area contributed by atoms with Gasteiger partial charge in [-0.15, -0.1) is 0 Å². The third kappa shape index (κ3) is 3.43. The Bertz CT molecular complexity index is 225. The van der Waals surface area contributed by atoms with Gasteiger partial charge in [-0.25, -0.2) is 9.67 Å². The van der Waals surface area contributed by atoms with Gasteiger partial charge < -0.3 is 10.1 Å². The van der Waals surface area contributed by atoms with E-state index < -0.39 is 0 Å². The van der Waals surface area contributed by atoms with Gasteiger partial charge in [-0.05, 0) is 13.0 Å². The number of nitrogens with zero attached hydrogens (tertiary/aromatic N) is 3. The van der Waals surface area contributed by atoms with E-state index in [0.29, 0.717) is 6.61 Å². The predicted octanol–water partition coefficient (Wildman–Crippen LogP) is 0.465. The molecule has 0 aliphatic heterocycles. The fourth-order valence-electron chi connectivity index (χ4n) is 1.27. The second-order valence-electron chi connectivity index (χ2n) is 3.19. The predicted molar refractivity (Wildman–Crippen MR) is 54.1 cm³/mol. The average Bonchev–Trinajstić information content (AvgIpc) is 2.70. The van der Waals surface area contributed by atoms with Gasteiger partial charge in [0.05, 0.1) is 12.6 Å². The highest BCUT2D eigenvalue weighted by atomic mass is 16.5. The van der Waals surface area contributed by atoms with E-state index in [1.54, 1.807) is 19.8 Å². The van der Waals surface area contributed by atoms with Gasteiger partial charge in [0.15, 0.2) is 0 Å². The van der Waals surface area contributed by atoms with E-state index >= 15 is 0 Å². The van der Waals surface area contributed by atoms with E-state index in [2.05, 4.69) is 22.3 Å². The maximum Gasteiger partial charge on any atom is 0.137 e. The molecule has 1 unspecified atom stereocenters. The standard InChI is InChI=1S/C9H18N4O/c1-3-4-10-5-9(6-14-2)13-8-11-7-12-13/h7-10H,3-6H2,1-2H3. The molecular formula is C9H18N4O. The molecular weight excluding hydrogens is 180 g/mol. The molecule has 1 heterocycles. The molecule has 0 saturated carbocycles. The third-order valence-electron chi connectivity index (χ3n) is 1.98. The smallest absolute Gasteiger partial charge is 0.137 e. The molecule has 0 aliphatic carbocycles. The first-order valence-electron chi connectivity index (χ1n) is 4.92. The quantitative estimate of drug-likeness (QED) is 0.647. The van der Waals surface area contributed by atoms with Crippen LogP contribution in [0.25, 0.3) is 0 Å². The lowest BCUT2D eigenvalue weighted by atomic mass is 10.3. The Labute approximate surface area is 84.5 Å². The molecule has 1 atom stereocenters. The molecule has 80 valence electrons. The van der Waals surface area contributed by atoms with Crippen LogP contribution in [0.1, 0.15) is 19.4 Å². The highest BCUT2D eigenvalue weighted by molar-refractivity contribution is 4.70. The van der Waals surface area contributed by atoms with E-state index in [4.69, 9.17) is 4.74 Å². The Morgan fingerprint density at radius 3 is 3.00 bits per heavy atom. The first-order chi connectivity index (χ1) is 6.88. The number of ether oxygens (including phenoxy) is 1. The van der Waals surface area contributed by atoms with Gasteiger partial charge in [0.2, 0.25) is 0 Å². The zero-order valence-electron chi connectivity index (χ0n) is 8.81. The SMILES string of the molecule is CCCNCC(COC)n1cncn1. The Balaban J connectivity index is 2.39. The largest absolute Gasteiger partial charge is 0.382 e. The Hall–Kier alpha value is -0.940. The summed E-state index contributed by atoms with van der Waals surface area (Å²) < 4.78 is 6.96. The summed E-state index contributed by atoms with van der Waals surface area (Å²) in [7, 11) is 1.70. The monoisotopic (exact) mass is 198 g/mol. The van der Waals surface area contributed by atoms with Gasteiger partial charge in [-0.3, -0.25) is 0 Å². The zero-order valence-corrected chi connectivity index (χ0v) is 8.81. The number of rotatable bonds is 7. The van der Waals surface area contributed by atoms with Crippen LogP contribution in [0.2, 0.25) is 0 Å². The molecule has 0 radical (unpaired) electrons. The summed E-state index contributed by atoms with van der Waals surface area (Å²) in [5, 5.41) is 7.44. The summed E-state index contributed by atoms with van der Waals surface area (Å²) in [4.78, 5) is 3.92. The highest BCUT2D eigenvalue weighted by Gasteiger charge is 2.09. The number of methoxy groups -OCH3 is 1. The fourth-order valence-corrected chi connectivity index (χ4v) is 1.27. The summed E-state index contributed by atoms with van der Waals surface area (Å²) in [6.45, 7) is 4.69. The van der Waals surface area contributed by atoms with Gasteiger partial charge in [-0.1, -0.05) is 6.92 Å². The van der Waals surface area contributed by atoms with Crippen molar-refractivity contribution < 1.29 is 4.74 Å². The van der Waals surface area contributed by atoms with E-state index in [1.807, 2.05) is 4.68 Å². The first-order valence-corrected chi connectivity index (χ1v) is 4.92. The summed E-state index contributed by atoms with van der Waals surface area (Å²) in [5.41, 5.74) is 0. The van der Waals surface area contributed by atoms with Crippen molar-refractivity contribution in [2.75, 3.05) is 26.8 Å². The lowest BCUT2D eigenvalue weighted by molar-refractivity contribution is 0.148. The molecule has 0 bridgehead atoms. The Morgan fingerprint density at radius 2 is 2.43 bits per heavy atom. The lowest BCUT2D eigenvalue weighted by Crippen LogP contribution is -2.29. The van der Waals surface area contributed by atoms with Gasteiger partial charge in [0.25, 0.3) is 0 Å². The fraction of sp³-hybridized carbons (Fsp3) is 0.778. The molecule has 1 aromatic heterocycles. The summed E-state index contributed by atoms with van der Waals surface area (Å²) in [6, 6.07) is 0.231. The molecule has 14 heavy (non-hydrogen) atoms. The average molecular weight is 198 g/mol. The summed E-state index contributed by atoms with van der Waals surface area (Å²) >= 11 is 0. The number of hydrogen-bond donors (Lipinski definition) is 1. The van der Waals surface area contributed by atoms with Gasteiger partial charge in [0, 0.05) is 13.7 Å². The molecule has 0 spiro atoms. The number of nitrogens with one attached hydrogen (secondary N) is 1. The van der Waals surface area contributed by atoms with Gasteiger partial charge in [0.1, 0.15) is 12.7 Å². The van der Waals surface area contributed by atoms with Crippen molar-refractivity contribution in [1.82, 2.24) is 20.1 Å². The minimum Gasteiger partial charge on any atom is -0.382 e. The van der Waals surface area contributed by atoms with E-state index in [1.165, 1.54) is 0 Å². The van der Waals surface area contributed by atoms with E-state index in [9.17, 15) is 0 Å². The summed E-state index contributed by atoms with van der Waals surface area (Å²) in [6.07, 6.45) is 4.40. The minimum absolute atomic E-state index is 0.231. The molecule has 1 aromatic rings. The van der Waals surface area contributed by atoms with Crippen LogP contribution < -0.4 is 5.32 Å². The van der Waals surface area contributed by atoms with Crippen LogP contribution in [0, 0.1) is 0 Å². The van der Waals surface area contributed by atoms with Crippen LogP contribution in [0.3, 0.4) is 0 Å². The topological polar surface area (TPSA) is 52.0 Å². The van der Waals surface area contributed by atoms with Crippen molar-refractivity contribution in [1.29, 1.82) is 0 Å². The number of aromatic nitrogens is 3. The van der Waals surface area contributed by atoms with Crippen LogP contribution >= 0.6 is 0 Å². The lowest BCUT2D eigenvalue weighted by Gasteiger charge is -2.16. The van der Waals surface area contributed by atoms with Gasteiger partial charge >= 0.3 is 0 Å². The maximum atomic E-state index is 5.13. The molecule has 1 N–H and O–H groups in total. The molecule has 0 aliphatic rings. The number of hydrogen-bond acceptors (Lipinski definition) is 4. The van der Waals surface area contributed by atoms with Crippen LogP contribution in [-0.2, 0) is 4.74 Å². The van der Waals surface area contributed by atoms with E-state index in [0.717, 1.165) is 19.5 Å². The second kappa shape index (κ2) is 6.50. The van der Waals surface area contributed by atoms with Crippen LogP contribution in [-0.4, -0.2) is 41.6 Å². The van der Waals surface area contributed by atoms with Crippen LogP contribution in [0.15, 0.2) is 12.7 Å². The van der Waals surface area contributed by atoms with Crippen molar-refractivity contribution >= 4 is 0 Å². The van der Waals surface area contributed by atoms with Crippen molar-refractivity contribution in [2.45, 2.75) is 19.4 Å². The second-order valence-corrected chi connectivity index (χ2v) is 3.19. The van der Waals surface area contributed by atoms with Crippen LogP contribution in [0.5, 0.6) is 0 Å². The maximum absolute atomic E-state index is 5.13. The molecule has 0 amide bonds. The Morgan fingerprint density at radius 1 is 1.57 bits per heavy atom. The van der Waals surface area contributed by atoms with Crippen molar-refractivity contribution in [3.63, 3.8) is 0 Å². The van der Waals surface area contributed by atoms with Crippen molar-refractivity contribution in [2.24, 2.45) is 0 Å². The normalized spacial score (nSPS) is 13.0. The molecule has 5 heteroatoms. The molecule has 0 fully saturated rings. The molecule has 0 saturated heterocycles. The Kier molecular flexibility index (Phi) is 5.17. The molecule has 0 aromatic carbocycles. The third-order valence-corrected chi connectivity index (χ3v) is 1.98. The van der Waals surface area contributed by atoms with Crippen LogP contribution in [0.4, 0.5) is 0 Å². The zero-order chi connectivity index (χ0) is 10.2. The summed E-state index contributed by atoms with van der Waals surface area (Å²) in [5.74, 6) is 0. The molecule has 5 nitrogen and oxygen atoms in total.